The van der Waals surface area contributed by atoms with E-state index in [1.54, 1.807) is 37.8 Å². The number of halogens is 3. The fourth-order valence-electron chi connectivity index (χ4n) is 3.32. The van der Waals surface area contributed by atoms with Crippen molar-refractivity contribution in [3.63, 3.8) is 0 Å². The summed E-state index contributed by atoms with van der Waals surface area (Å²) in [5.74, 6) is -3.91. The highest BCUT2D eigenvalue weighted by Crippen LogP contribution is 2.28. The van der Waals surface area contributed by atoms with Crippen molar-refractivity contribution in [2.75, 3.05) is 18.4 Å². The SMILES string of the molecule is CC(C)(C)OC(=O)N1CC[C@H](Oc2ccc3ncnc(Nc4ccc(F)c(F)c4F)c3n2)C1. The lowest BCUT2D eigenvalue weighted by atomic mass is 10.2. The minimum Gasteiger partial charge on any atom is -0.472 e. The van der Waals surface area contributed by atoms with Crippen molar-refractivity contribution >= 4 is 28.6 Å². The Balaban J connectivity index is 1.52. The van der Waals surface area contributed by atoms with Gasteiger partial charge in [0.05, 0.1) is 17.7 Å². The molecule has 1 saturated heterocycles. The van der Waals surface area contributed by atoms with Gasteiger partial charge in [0.1, 0.15) is 23.5 Å². The highest BCUT2D eigenvalue weighted by atomic mass is 19.2. The number of carbonyl (C=O) groups excluding carboxylic acids is 1. The molecule has 1 aliphatic rings. The van der Waals surface area contributed by atoms with E-state index in [1.807, 2.05) is 0 Å². The van der Waals surface area contributed by atoms with Crippen molar-refractivity contribution < 1.29 is 27.4 Å². The Morgan fingerprint density at radius 2 is 1.91 bits per heavy atom. The van der Waals surface area contributed by atoms with Gasteiger partial charge in [-0.25, -0.2) is 32.9 Å². The average molecular weight is 461 g/mol. The Hall–Kier alpha value is -3.63. The maximum absolute atomic E-state index is 14.1. The van der Waals surface area contributed by atoms with Crippen LogP contribution in [-0.2, 0) is 4.74 Å². The number of aromatic nitrogens is 3. The lowest BCUT2D eigenvalue weighted by Crippen LogP contribution is -2.36. The van der Waals surface area contributed by atoms with E-state index in [2.05, 4.69) is 20.3 Å². The first kappa shape index (κ1) is 22.6. The van der Waals surface area contributed by atoms with Gasteiger partial charge in [0.25, 0.3) is 0 Å². The summed E-state index contributed by atoms with van der Waals surface area (Å²) in [4.78, 5) is 26.4. The molecule has 1 aromatic carbocycles. The minimum absolute atomic E-state index is 0.0946. The molecule has 4 rings (SSSR count). The predicted molar refractivity (Wildman–Crippen MR) is 114 cm³/mol. The number of amides is 1. The van der Waals surface area contributed by atoms with Gasteiger partial charge in [-0.2, -0.15) is 0 Å². The van der Waals surface area contributed by atoms with Crippen LogP contribution in [0.1, 0.15) is 27.2 Å². The number of carbonyl (C=O) groups is 1. The van der Waals surface area contributed by atoms with Crippen LogP contribution >= 0.6 is 0 Å². The molecule has 11 heteroatoms. The molecule has 0 aliphatic carbocycles. The molecular formula is C22H22F3N5O3. The molecule has 33 heavy (non-hydrogen) atoms. The monoisotopic (exact) mass is 461 g/mol. The molecule has 0 bridgehead atoms. The number of nitrogens with zero attached hydrogens (tertiary/aromatic N) is 4. The molecule has 1 atom stereocenters. The highest BCUT2D eigenvalue weighted by Gasteiger charge is 2.31. The van der Waals surface area contributed by atoms with Gasteiger partial charge >= 0.3 is 6.09 Å². The second-order valence-electron chi connectivity index (χ2n) is 8.54. The van der Waals surface area contributed by atoms with Gasteiger partial charge in [-0.3, -0.25) is 0 Å². The molecular weight excluding hydrogens is 439 g/mol. The largest absolute Gasteiger partial charge is 0.472 e. The fraction of sp³-hybridized carbons (Fsp3) is 0.364. The number of anilines is 2. The molecule has 1 aliphatic heterocycles. The third-order valence-electron chi connectivity index (χ3n) is 4.83. The molecule has 3 heterocycles. The zero-order valence-electron chi connectivity index (χ0n) is 18.2. The van der Waals surface area contributed by atoms with Crippen LogP contribution in [0, 0.1) is 17.5 Å². The molecule has 1 N–H and O–H groups in total. The molecule has 1 fully saturated rings. The Kier molecular flexibility index (Phi) is 5.96. The van der Waals surface area contributed by atoms with Crippen molar-refractivity contribution in [1.82, 2.24) is 19.9 Å². The second kappa shape index (κ2) is 8.72. The Morgan fingerprint density at radius 3 is 2.67 bits per heavy atom. The van der Waals surface area contributed by atoms with Crippen molar-refractivity contribution in [2.45, 2.75) is 38.9 Å². The number of benzene rings is 1. The van der Waals surface area contributed by atoms with E-state index in [-0.39, 0.29) is 29.0 Å². The van der Waals surface area contributed by atoms with Crippen LogP contribution in [0.5, 0.6) is 5.88 Å². The number of nitrogens with one attached hydrogen (secondary N) is 1. The zero-order valence-corrected chi connectivity index (χ0v) is 18.2. The molecule has 0 saturated carbocycles. The maximum Gasteiger partial charge on any atom is 0.410 e. The van der Waals surface area contributed by atoms with Crippen molar-refractivity contribution in [1.29, 1.82) is 0 Å². The quantitative estimate of drug-likeness (QED) is 0.569. The van der Waals surface area contributed by atoms with Gasteiger partial charge in [0, 0.05) is 19.0 Å². The minimum atomic E-state index is -1.59. The first-order chi connectivity index (χ1) is 15.6. The Bertz CT molecular complexity index is 1200. The van der Waals surface area contributed by atoms with E-state index < -0.39 is 29.1 Å². The van der Waals surface area contributed by atoms with Crippen LogP contribution in [0.4, 0.5) is 29.5 Å². The van der Waals surface area contributed by atoms with Gasteiger partial charge < -0.3 is 19.7 Å². The van der Waals surface area contributed by atoms with Gasteiger partial charge in [-0.15, -0.1) is 0 Å². The summed E-state index contributed by atoms with van der Waals surface area (Å²) in [5.41, 5.74) is -0.205. The maximum atomic E-state index is 14.1. The normalized spacial score (nSPS) is 16.2. The summed E-state index contributed by atoms with van der Waals surface area (Å²) in [6, 6.07) is 5.13. The number of likely N-dealkylation sites (tertiary alicyclic amines) is 1. The van der Waals surface area contributed by atoms with Gasteiger partial charge in [0.2, 0.25) is 5.88 Å². The number of pyridine rings is 1. The molecule has 2 aromatic heterocycles. The van der Waals surface area contributed by atoms with Gasteiger partial charge in [-0.05, 0) is 39.0 Å². The zero-order chi connectivity index (χ0) is 23.8. The van der Waals surface area contributed by atoms with Gasteiger partial charge in [-0.1, -0.05) is 0 Å². The predicted octanol–water partition coefficient (Wildman–Crippen LogP) is 4.57. The molecule has 174 valence electrons. The molecule has 1 amide bonds. The van der Waals surface area contributed by atoms with E-state index in [4.69, 9.17) is 9.47 Å². The third kappa shape index (κ3) is 5.07. The lowest BCUT2D eigenvalue weighted by Gasteiger charge is -2.24. The first-order valence-corrected chi connectivity index (χ1v) is 10.3. The molecule has 3 aromatic rings. The summed E-state index contributed by atoms with van der Waals surface area (Å²) < 4.78 is 52.2. The Morgan fingerprint density at radius 1 is 1.12 bits per heavy atom. The van der Waals surface area contributed by atoms with E-state index in [0.717, 1.165) is 12.1 Å². The van der Waals surface area contributed by atoms with Crippen LogP contribution in [0.2, 0.25) is 0 Å². The standard InChI is InChI=1S/C22H22F3N5O3/c1-22(2,3)33-21(31)30-9-8-12(10-30)32-16-7-6-15-19(29-16)20(27-11-26-15)28-14-5-4-13(23)17(24)18(14)25/h4-7,11-12H,8-10H2,1-3H3,(H,26,27,28)/t12-/m0/s1. The number of fused-ring (bicyclic) bond motifs is 1. The molecule has 8 nitrogen and oxygen atoms in total. The number of hydrogen-bond acceptors (Lipinski definition) is 7. The topological polar surface area (TPSA) is 89.5 Å². The third-order valence-corrected chi connectivity index (χ3v) is 4.83. The van der Waals surface area contributed by atoms with Crippen LogP contribution in [0.15, 0.2) is 30.6 Å². The van der Waals surface area contributed by atoms with Crippen LogP contribution in [0.3, 0.4) is 0 Å². The fourth-order valence-corrected chi connectivity index (χ4v) is 3.32. The van der Waals surface area contributed by atoms with E-state index >= 15 is 0 Å². The summed E-state index contributed by atoms with van der Waals surface area (Å²) in [7, 11) is 0. The highest BCUT2D eigenvalue weighted by molar-refractivity contribution is 5.87. The van der Waals surface area contributed by atoms with Crippen molar-refractivity contribution in [3.8, 4) is 5.88 Å². The van der Waals surface area contributed by atoms with Gasteiger partial charge in [0.15, 0.2) is 23.3 Å². The van der Waals surface area contributed by atoms with E-state index in [1.165, 1.54) is 6.33 Å². The number of hydrogen-bond donors (Lipinski definition) is 1. The van der Waals surface area contributed by atoms with E-state index in [9.17, 15) is 18.0 Å². The molecule has 0 spiro atoms. The van der Waals surface area contributed by atoms with Crippen molar-refractivity contribution in [2.24, 2.45) is 0 Å². The molecule has 0 radical (unpaired) electrons. The summed E-state index contributed by atoms with van der Waals surface area (Å²) in [6.45, 7) is 6.22. The van der Waals surface area contributed by atoms with E-state index in [0.29, 0.717) is 25.0 Å². The number of rotatable bonds is 4. The second-order valence-corrected chi connectivity index (χ2v) is 8.54. The molecule has 0 unspecified atom stereocenters. The average Bonchev–Trinajstić information content (AvgIpc) is 3.22. The van der Waals surface area contributed by atoms with Crippen LogP contribution < -0.4 is 10.1 Å². The summed E-state index contributed by atoms with van der Waals surface area (Å²) in [5, 5.41) is 2.63. The van der Waals surface area contributed by atoms with Crippen LogP contribution in [-0.4, -0.2) is 50.7 Å². The Labute approximate surface area is 187 Å². The van der Waals surface area contributed by atoms with Crippen molar-refractivity contribution in [3.05, 3.63) is 48.0 Å². The lowest BCUT2D eigenvalue weighted by molar-refractivity contribution is 0.0275. The smallest absolute Gasteiger partial charge is 0.410 e. The van der Waals surface area contributed by atoms with Crippen LogP contribution in [0.25, 0.3) is 11.0 Å². The first-order valence-electron chi connectivity index (χ1n) is 10.3. The summed E-state index contributed by atoms with van der Waals surface area (Å²) >= 11 is 0. The number of ether oxygens (including phenoxy) is 2. The summed E-state index contributed by atoms with van der Waals surface area (Å²) in [6.07, 6.45) is 1.12.